The molecule has 0 saturated heterocycles. The molecule has 112 valence electrons. The number of aromatic nitrogens is 3. The quantitative estimate of drug-likeness (QED) is 0.438. The van der Waals surface area contributed by atoms with Gasteiger partial charge in [0, 0.05) is 18.7 Å². The van der Waals surface area contributed by atoms with E-state index in [9.17, 15) is 14.9 Å². The number of ether oxygens (including phenoxy) is 1. The Labute approximate surface area is 124 Å². The molecule has 21 heavy (non-hydrogen) atoms. The van der Waals surface area contributed by atoms with E-state index in [1.807, 2.05) is 5.38 Å². The number of thiazole rings is 1. The summed E-state index contributed by atoms with van der Waals surface area (Å²) >= 11 is 1.48. The minimum absolute atomic E-state index is 0.0773. The Morgan fingerprint density at radius 3 is 3.00 bits per heavy atom. The molecule has 0 N–H and O–H groups in total. The molecule has 0 aliphatic carbocycles. The first kappa shape index (κ1) is 15.1. The molecule has 0 aliphatic heterocycles. The molecule has 0 fully saturated rings. The van der Waals surface area contributed by atoms with Crippen molar-refractivity contribution < 1.29 is 14.5 Å². The van der Waals surface area contributed by atoms with Gasteiger partial charge in [0.1, 0.15) is 19.3 Å². The van der Waals surface area contributed by atoms with E-state index in [1.54, 1.807) is 12.4 Å². The highest BCUT2D eigenvalue weighted by atomic mass is 32.1. The molecule has 0 amide bonds. The van der Waals surface area contributed by atoms with E-state index < -0.39 is 4.92 Å². The molecule has 8 nitrogen and oxygen atoms in total. The van der Waals surface area contributed by atoms with Gasteiger partial charge in [-0.15, -0.1) is 11.3 Å². The van der Waals surface area contributed by atoms with Gasteiger partial charge in [0.2, 0.25) is 0 Å². The number of hydrogen-bond acceptors (Lipinski definition) is 7. The molecular formula is C12H14N4O4S. The first-order valence-corrected chi connectivity index (χ1v) is 7.21. The van der Waals surface area contributed by atoms with Crippen LogP contribution >= 0.6 is 11.3 Å². The molecule has 0 saturated carbocycles. The van der Waals surface area contributed by atoms with Crippen molar-refractivity contribution in [2.45, 2.75) is 26.3 Å². The topological polar surface area (TPSA) is 100 Å². The van der Waals surface area contributed by atoms with E-state index in [2.05, 4.69) is 9.97 Å². The Morgan fingerprint density at radius 1 is 1.52 bits per heavy atom. The number of imidazole rings is 1. The molecule has 2 rings (SSSR count). The van der Waals surface area contributed by atoms with Gasteiger partial charge in [-0.05, 0) is 4.92 Å². The molecule has 2 aromatic rings. The predicted molar refractivity (Wildman–Crippen MR) is 75.0 cm³/mol. The van der Waals surface area contributed by atoms with E-state index in [0.29, 0.717) is 12.2 Å². The van der Waals surface area contributed by atoms with Crippen molar-refractivity contribution in [2.75, 3.05) is 6.61 Å². The third-order valence-corrected chi connectivity index (χ3v) is 3.50. The molecule has 2 heterocycles. The second-order valence-corrected chi connectivity index (χ2v) is 4.99. The molecule has 0 unspecified atom stereocenters. The molecule has 0 aliphatic rings. The molecule has 0 atom stereocenters. The van der Waals surface area contributed by atoms with Crippen molar-refractivity contribution in [1.82, 2.24) is 14.5 Å². The number of rotatable bonds is 7. The number of carbonyl (C=O) groups is 1. The van der Waals surface area contributed by atoms with Crippen molar-refractivity contribution in [2.24, 2.45) is 0 Å². The predicted octanol–water partition coefficient (Wildman–Crippen LogP) is 1.73. The van der Waals surface area contributed by atoms with Gasteiger partial charge in [0.05, 0.1) is 17.6 Å². The number of carbonyl (C=O) groups excluding carboxylic acids is 1. The summed E-state index contributed by atoms with van der Waals surface area (Å²) in [6.07, 6.45) is 1.97. The number of esters is 1. The third-order valence-electron chi connectivity index (χ3n) is 2.87. The lowest BCUT2D eigenvalue weighted by Crippen LogP contribution is -2.14. The zero-order chi connectivity index (χ0) is 15.2. The van der Waals surface area contributed by atoms with Crippen LogP contribution in [0.25, 0.3) is 0 Å². The Morgan fingerprint density at radius 2 is 2.33 bits per heavy atom. The molecule has 0 spiro atoms. The van der Waals surface area contributed by atoms with Crippen LogP contribution in [0, 0.1) is 17.0 Å². The molecule has 0 radical (unpaired) electrons. The minimum Gasteiger partial charge on any atom is -0.461 e. The Balaban J connectivity index is 1.77. The molecule has 0 bridgehead atoms. The van der Waals surface area contributed by atoms with Crippen LogP contribution in [0.3, 0.4) is 0 Å². The van der Waals surface area contributed by atoms with Gasteiger partial charge >= 0.3 is 11.8 Å². The molecule has 0 aromatic carbocycles. The summed E-state index contributed by atoms with van der Waals surface area (Å²) in [7, 11) is 0. The number of nitrogens with zero attached hydrogens (tertiary/aromatic N) is 4. The lowest BCUT2D eigenvalue weighted by Gasteiger charge is -2.05. The summed E-state index contributed by atoms with van der Waals surface area (Å²) in [5.74, 6) is 0.0645. The van der Waals surface area contributed by atoms with E-state index in [1.165, 1.54) is 22.1 Å². The fourth-order valence-electron chi connectivity index (χ4n) is 1.79. The maximum atomic E-state index is 11.6. The van der Waals surface area contributed by atoms with Crippen LogP contribution in [0.15, 0.2) is 17.1 Å². The summed E-state index contributed by atoms with van der Waals surface area (Å²) in [5.41, 5.74) is 2.57. The van der Waals surface area contributed by atoms with Crippen LogP contribution in [-0.4, -0.2) is 32.0 Å². The van der Waals surface area contributed by atoms with E-state index in [4.69, 9.17) is 4.74 Å². The van der Waals surface area contributed by atoms with Crippen LogP contribution < -0.4 is 0 Å². The lowest BCUT2D eigenvalue weighted by atomic mass is 10.2. The summed E-state index contributed by atoms with van der Waals surface area (Å²) in [6, 6.07) is 0. The summed E-state index contributed by atoms with van der Waals surface area (Å²) < 4.78 is 6.48. The molecule has 9 heteroatoms. The average Bonchev–Trinajstić information content (AvgIpc) is 3.07. The van der Waals surface area contributed by atoms with Gasteiger partial charge in [0.15, 0.2) is 5.82 Å². The number of aryl methyl sites for hydroxylation is 2. The number of hydrogen-bond donors (Lipinski definition) is 0. The summed E-state index contributed by atoms with van der Waals surface area (Å²) in [4.78, 5) is 29.8. The third kappa shape index (κ3) is 4.09. The van der Waals surface area contributed by atoms with Gasteiger partial charge in [-0.3, -0.25) is 4.79 Å². The van der Waals surface area contributed by atoms with Gasteiger partial charge in [-0.1, -0.05) is 0 Å². The maximum Gasteiger partial charge on any atom is 0.342 e. The van der Waals surface area contributed by atoms with Gasteiger partial charge in [-0.2, -0.15) is 0 Å². The molecular weight excluding hydrogens is 296 g/mol. The van der Waals surface area contributed by atoms with Crippen LogP contribution in [0.1, 0.15) is 17.9 Å². The highest BCUT2D eigenvalue weighted by Crippen LogP contribution is 2.13. The van der Waals surface area contributed by atoms with Crippen molar-refractivity contribution >= 4 is 23.1 Å². The van der Waals surface area contributed by atoms with Gasteiger partial charge in [-0.25, -0.2) is 14.5 Å². The largest absolute Gasteiger partial charge is 0.461 e. The Kier molecular flexibility index (Phi) is 4.99. The maximum absolute atomic E-state index is 11.6. The fraction of sp³-hybridized carbons (Fsp3) is 0.417. The second kappa shape index (κ2) is 6.93. The average molecular weight is 310 g/mol. The smallest absolute Gasteiger partial charge is 0.342 e. The monoisotopic (exact) mass is 310 g/mol. The summed E-state index contributed by atoms with van der Waals surface area (Å²) in [5, 5.41) is 12.7. The highest BCUT2D eigenvalue weighted by molar-refractivity contribution is 7.07. The normalized spacial score (nSPS) is 10.5. The zero-order valence-electron chi connectivity index (χ0n) is 11.4. The summed E-state index contributed by atoms with van der Waals surface area (Å²) in [6.45, 7) is 1.95. The van der Waals surface area contributed by atoms with Gasteiger partial charge in [0.25, 0.3) is 0 Å². The standard InChI is InChI=1S/C12H14N4O4S/c1-9-13-6-11(16(18)19)15(9)4-5-20-12(17)3-2-10-7-21-8-14-10/h6-8H,2-5H2,1H3. The van der Waals surface area contributed by atoms with Crippen LogP contribution in [-0.2, 0) is 22.5 Å². The zero-order valence-corrected chi connectivity index (χ0v) is 12.2. The van der Waals surface area contributed by atoms with Crippen molar-refractivity contribution in [3.8, 4) is 0 Å². The van der Waals surface area contributed by atoms with E-state index in [0.717, 1.165) is 5.69 Å². The Bertz CT molecular complexity index is 623. The van der Waals surface area contributed by atoms with Crippen molar-refractivity contribution in [3.05, 3.63) is 38.7 Å². The van der Waals surface area contributed by atoms with Crippen LogP contribution in [0.4, 0.5) is 5.82 Å². The van der Waals surface area contributed by atoms with E-state index in [-0.39, 0.29) is 31.4 Å². The minimum atomic E-state index is -0.510. The first-order valence-electron chi connectivity index (χ1n) is 6.27. The van der Waals surface area contributed by atoms with E-state index >= 15 is 0 Å². The van der Waals surface area contributed by atoms with Crippen molar-refractivity contribution in [1.29, 1.82) is 0 Å². The second-order valence-electron chi connectivity index (χ2n) is 4.27. The first-order chi connectivity index (χ1) is 10.1. The fourth-order valence-corrected chi connectivity index (χ4v) is 2.39. The van der Waals surface area contributed by atoms with Gasteiger partial charge < -0.3 is 14.9 Å². The SMILES string of the molecule is Cc1ncc([N+](=O)[O-])n1CCOC(=O)CCc1cscn1. The lowest BCUT2D eigenvalue weighted by molar-refractivity contribution is -0.392. The Hall–Kier alpha value is -2.29. The van der Waals surface area contributed by atoms with Crippen LogP contribution in [0.5, 0.6) is 0 Å². The highest BCUT2D eigenvalue weighted by Gasteiger charge is 2.17. The molecule has 2 aromatic heterocycles. The number of nitro groups is 1. The van der Waals surface area contributed by atoms with Crippen molar-refractivity contribution in [3.63, 3.8) is 0 Å². The van der Waals surface area contributed by atoms with Crippen LogP contribution in [0.2, 0.25) is 0 Å².